The highest BCUT2D eigenvalue weighted by Gasteiger charge is 2.14. The summed E-state index contributed by atoms with van der Waals surface area (Å²) in [5.74, 6) is 0.401. The lowest BCUT2D eigenvalue weighted by Crippen LogP contribution is -2.12. The standard InChI is InChI=1S/C16H16BrClFNO/c1-2-7-21-15-6-3-10(8-13(15)17)16(20)12-5-4-11(19)9-14(12)18/h3-6,8-9,16H,2,7,20H2,1H3. The lowest BCUT2D eigenvalue weighted by Gasteiger charge is -2.16. The van der Waals surface area contributed by atoms with Gasteiger partial charge in [0.15, 0.2) is 0 Å². The fourth-order valence-corrected chi connectivity index (χ4v) is 2.77. The molecule has 21 heavy (non-hydrogen) atoms. The number of ether oxygens (including phenoxy) is 1. The molecule has 2 aromatic carbocycles. The Labute approximate surface area is 137 Å². The maximum atomic E-state index is 13.1. The minimum atomic E-state index is -0.422. The van der Waals surface area contributed by atoms with Crippen molar-refractivity contribution in [3.8, 4) is 5.75 Å². The van der Waals surface area contributed by atoms with E-state index in [1.165, 1.54) is 12.1 Å². The molecule has 0 spiro atoms. The molecule has 0 saturated heterocycles. The van der Waals surface area contributed by atoms with Crippen molar-refractivity contribution in [2.45, 2.75) is 19.4 Å². The molecule has 0 bridgehead atoms. The first-order valence-corrected chi connectivity index (χ1v) is 7.82. The van der Waals surface area contributed by atoms with Gasteiger partial charge in [-0.15, -0.1) is 0 Å². The first-order chi connectivity index (χ1) is 10.0. The van der Waals surface area contributed by atoms with Crippen LogP contribution in [0, 0.1) is 5.82 Å². The molecule has 2 rings (SSSR count). The summed E-state index contributed by atoms with van der Waals surface area (Å²) >= 11 is 9.53. The molecule has 1 unspecified atom stereocenters. The van der Waals surface area contributed by atoms with E-state index in [1.807, 2.05) is 18.2 Å². The first kappa shape index (κ1) is 16.3. The van der Waals surface area contributed by atoms with Crippen molar-refractivity contribution in [2.75, 3.05) is 6.61 Å². The summed E-state index contributed by atoms with van der Waals surface area (Å²) in [6, 6.07) is 9.47. The van der Waals surface area contributed by atoms with Gasteiger partial charge in [-0.1, -0.05) is 30.7 Å². The van der Waals surface area contributed by atoms with Gasteiger partial charge in [-0.05, 0) is 57.7 Å². The van der Waals surface area contributed by atoms with Crippen LogP contribution in [0.25, 0.3) is 0 Å². The predicted molar refractivity (Wildman–Crippen MR) is 87.4 cm³/mol. The summed E-state index contributed by atoms with van der Waals surface area (Å²) in [5.41, 5.74) is 7.78. The number of nitrogens with two attached hydrogens (primary N) is 1. The van der Waals surface area contributed by atoms with Crippen LogP contribution < -0.4 is 10.5 Å². The molecule has 0 amide bonds. The second-order valence-corrected chi connectivity index (χ2v) is 5.94. The lowest BCUT2D eigenvalue weighted by molar-refractivity contribution is 0.315. The van der Waals surface area contributed by atoms with E-state index in [1.54, 1.807) is 6.07 Å². The van der Waals surface area contributed by atoms with E-state index in [9.17, 15) is 4.39 Å². The molecule has 2 N–H and O–H groups in total. The highest BCUT2D eigenvalue weighted by molar-refractivity contribution is 9.10. The third kappa shape index (κ3) is 3.96. The highest BCUT2D eigenvalue weighted by Crippen LogP contribution is 2.32. The van der Waals surface area contributed by atoms with Crippen molar-refractivity contribution in [1.29, 1.82) is 0 Å². The van der Waals surface area contributed by atoms with Crippen LogP contribution in [0.1, 0.15) is 30.5 Å². The normalized spacial score (nSPS) is 12.2. The first-order valence-electron chi connectivity index (χ1n) is 6.65. The largest absolute Gasteiger partial charge is 0.492 e. The highest BCUT2D eigenvalue weighted by atomic mass is 79.9. The van der Waals surface area contributed by atoms with E-state index in [-0.39, 0.29) is 5.82 Å². The molecular formula is C16H16BrClFNO. The van der Waals surface area contributed by atoms with Gasteiger partial charge in [0.05, 0.1) is 17.1 Å². The van der Waals surface area contributed by atoms with Gasteiger partial charge in [-0.25, -0.2) is 4.39 Å². The summed E-state index contributed by atoms with van der Waals surface area (Å²) in [4.78, 5) is 0. The number of benzene rings is 2. The minimum absolute atomic E-state index is 0.324. The van der Waals surface area contributed by atoms with Crippen LogP contribution in [0.15, 0.2) is 40.9 Å². The van der Waals surface area contributed by atoms with Crippen molar-refractivity contribution < 1.29 is 9.13 Å². The Morgan fingerprint density at radius 2 is 2.05 bits per heavy atom. The van der Waals surface area contributed by atoms with E-state index in [2.05, 4.69) is 22.9 Å². The van der Waals surface area contributed by atoms with Crippen LogP contribution in [0.2, 0.25) is 5.02 Å². The zero-order valence-electron chi connectivity index (χ0n) is 11.6. The SMILES string of the molecule is CCCOc1ccc(C(N)c2ccc(F)cc2Cl)cc1Br. The van der Waals surface area contributed by atoms with Gasteiger partial charge in [0.25, 0.3) is 0 Å². The summed E-state index contributed by atoms with van der Waals surface area (Å²) in [7, 11) is 0. The van der Waals surface area contributed by atoms with Crippen molar-refractivity contribution in [2.24, 2.45) is 5.73 Å². The van der Waals surface area contributed by atoms with Crippen LogP contribution >= 0.6 is 27.5 Å². The van der Waals surface area contributed by atoms with Gasteiger partial charge in [0.2, 0.25) is 0 Å². The summed E-state index contributed by atoms with van der Waals surface area (Å²) in [6.07, 6.45) is 0.943. The molecule has 5 heteroatoms. The molecule has 112 valence electrons. The molecule has 0 saturated carbocycles. The predicted octanol–water partition coefficient (Wildman–Crippen LogP) is 5.08. The molecule has 0 aliphatic rings. The second kappa shape index (κ2) is 7.25. The quantitative estimate of drug-likeness (QED) is 0.794. The molecule has 1 atom stereocenters. The average molecular weight is 373 g/mol. The summed E-state index contributed by atoms with van der Waals surface area (Å²) in [5, 5.41) is 0.324. The molecule has 0 heterocycles. The smallest absolute Gasteiger partial charge is 0.133 e. The number of hydrogen-bond donors (Lipinski definition) is 1. The third-order valence-electron chi connectivity index (χ3n) is 3.07. The van der Waals surface area contributed by atoms with E-state index in [0.29, 0.717) is 17.2 Å². The van der Waals surface area contributed by atoms with Crippen LogP contribution in [0.5, 0.6) is 5.75 Å². The number of rotatable bonds is 5. The van der Waals surface area contributed by atoms with Gasteiger partial charge >= 0.3 is 0 Å². The molecular weight excluding hydrogens is 357 g/mol. The number of hydrogen-bond acceptors (Lipinski definition) is 2. The van der Waals surface area contributed by atoms with Gasteiger partial charge in [-0.2, -0.15) is 0 Å². The average Bonchev–Trinajstić information content (AvgIpc) is 2.45. The van der Waals surface area contributed by atoms with Crippen molar-refractivity contribution in [1.82, 2.24) is 0 Å². The fraction of sp³-hybridized carbons (Fsp3) is 0.250. The Balaban J connectivity index is 2.27. The minimum Gasteiger partial charge on any atom is -0.492 e. The van der Waals surface area contributed by atoms with Crippen molar-refractivity contribution in [3.63, 3.8) is 0 Å². The van der Waals surface area contributed by atoms with Gasteiger partial charge in [-0.3, -0.25) is 0 Å². The van der Waals surface area contributed by atoms with E-state index in [4.69, 9.17) is 22.1 Å². The van der Waals surface area contributed by atoms with E-state index < -0.39 is 6.04 Å². The van der Waals surface area contributed by atoms with Crippen LogP contribution in [-0.4, -0.2) is 6.61 Å². The Hall–Kier alpha value is -1.10. The Bertz CT molecular complexity index is 636. The lowest BCUT2D eigenvalue weighted by atomic mass is 9.99. The Morgan fingerprint density at radius 1 is 1.29 bits per heavy atom. The molecule has 0 aromatic heterocycles. The Kier molecular flexibility index (Phi) is 5.62. The van der Waals surface area contributed by atoms with Crippen LogP contribution in [0.3, 0.4) is 0 Å². The van der Waals surface area contributed by atoms with Gasteiger partial charge < -0.3 is 10.5 Å². The molecule has 0 aliphatic heterocycles. The fourth-order valence-electron chi connectivity index (χ4n) is 1.97. The molecule has 0 radical (unpaired) electrons. The summed E-state index contributed by atoms with van der Waals surface area (Å²) in [6.45, 7) is 2.71. The van der Waals surface area contributed by atoms with Gasteiger partial charge in [0.1, 0.15) is 11.6 Å². The molecule has 2 aromatic rings. The van der Waals surface area contributed by atoms with E-state index in [0.717, 1.165) is 22.2 Å². The Morgan fingerprint density at radius 3 is 2.67 bits per heavy atom. The third-order valence-corrected chi connectivity index (χ3v) is 4.02. The van der Waals surface area contributed by atoms with Crippen molar-refractivity contribution in [3.05, 3.63) is 62.8 Å². The number of halogens is 3. The topological polar surface area (TPSA) is 35.2 Å². The van der Waals surface area contributed by atoms with Crippen molar-refractivity contribution >= 4 is 27.5 Å². The van der Waals surface area contributed by atoms with Gasteiger partial charge in [0, 0.05) is 5.02 Å². The summed E-state index contributed by atoms with van der Waals surface area (Å²) < 4.78 is 19.5. The monoisotopic (exact) mass is 371 g/mol. The maximum Gasteiger partial charge on any atom is 0.133 e. The molecule has 2 nitrogen and oxygen atoms in total. The molecule has 0 aliphatic carbocycles. The van der Waals surface area contributed by atoms with Crippen LogP contribution in [0.4, 0.5) is 4.39 Å². The second-order valence-electron chi connectivity index (χ2n) is 4.68. The zero-order chi connectivity index (χ0) is 15.4. The zero-order valence-corrected chi connectivity index (χ0v) is 13.9. The molecule has 0 fully saturated rings. The maximum absolute atomic E-state index is 13.1. The van der Waals surface area contributed by atoms with E-state index >= 15 is 0 Å². The van der Waals surface area contributed by atoms with Crippen LogP contribution in [-0.2, 0) is 0 Å².